The first-order chi connectivity index (χ1) is 13.9. The molecule has 0 aliphatic heterocycles. The number of aromatic nitrogens is 4. The highest BCUT2D eigenvalue weighted by molar-refractivity contribution is 6.31. The Hall–Kier alpha value is -3.36. The van der Waals surface area contributed by atoms with Crippen molar-refractivity contribution < 1.29 is 14.3 Å². The zero-order valence-corrected chi connectivity index (χ0v) is 15.9. The summed E-state index contributed by atoms with van der Waals surface area (Å²) >= 11 is 6.08. The average molecular weight is 412 g/mol. The van der Waals surface area contributed by atoms with Crippen LogP contribution in [0.25, 0.3) is 33.5 Å². The molecule has 29 heavy (non-hydrogen) atoms. The zero-order chi connectivity index (χ0) is 20.5. The van der Waals surface area contributed by atoms with Crippen LogP contribution in [0.3, 0.4) is 0 Å². The minimum atomic E-state index is -1.17. The van der Waals surface area contributed by atoms with Crippen LogP contribution in [0.4, 0.5) is 10.2 Å². The van der Waals surface area contributed by atoms with Crippen molar-refractivity contribution in [3.63, 3.8) is 0 Å². The molecule has 0 spiro atoms. The number of rotatable bonds is 4. The number of halogens is 2. The van der Waals surface area contributed by atoms with E-state index in [4.69, 9.17) is 11.6 Å². The molecule has 4 rings (SSSR count). The third kappa shape index (κ3) is 3.80. The highest BCUT2D eigenvalue weighted by Gasteiger charge is 2.19. The lowest BCUT2D eigenvalue weighted by atomic mass is 10.0. The number of H-pyrrole nitrogens is 1. The Morgan fingerprint density at radius 3 is 2.76 bits per heavy atom. The third-order valence-corrected chi connectivity index (χ3v) is 4.47. The molecule has 9 heteroatoms. The van der Waals surface area contributed by atoms with Gasteiger partial charge in [-0.05, 0) is 37.3 Å². The normalized spacial score (nSPS) is 12.1. The fourth-order valence-electron chi connectivity index (χ4n) is 2.92. The minimum Gasteiger partial charge on any atom is -0.384 e. The molecule has 4 aromatic rings. The van der Waals surface area contributed by atoms with Gasteiger partial charge in [-0.3, -0.25) is 14.8 Å². The monoisotopic (exact) mass is 411 g/mol. The maximum atomic E-state index is 13.4. The van der Waals surface area contributed by atoms with Gasteiger partial charge < -0.3 is 15.4 Å². The molecular weight excluding hydrogens is 397 g/mol. The number of hydrogen-bond acceptors (Lipinski definition) is 5. The lowest BCUT2D eigenvalue weighted by Gasteiger charge is -2.09. The van der Waals surface area contributed by atoms with Crippen molar-refractivity contribution in [2.45, 2.75) is 13.0 Å². The van der Waals surface area contributed by atoms with Gasteiger partial charge in [-0.2, -0.15) is 0 Å². The molecule has 1 unspecified atom stereocenters. The molecule has 4 aromatic heterocycles. The molecule has 0 radical (unpaired) electrons. The number of carbonyl (C=O) groups excluding carboxylic acids is 1. The Kier molecular flexibility index (Phi) is 4.96. The molecule has 1 atom stereocenters. The minimum absolute atomic E-state index is 0.274. The predicted octanol–water partition coefficient (Wildman–Crippen LogP) is 3.80. The Bertz CT molecular complexity index is 1210. The first kappa shape index (κ1) is 19.0. The molecular formula is C20H15ClFN5O2. The Morgan fingerprint density at radius 2 is 2.03 bits per heavy atom. The molecule has 4 heterocycles. The molecule has 0 aliphatic rings. The van der Waals surface area contributed by atoms with Crippen molar-refractivity contribution in [3.8, 4) is 22.5 Å². The highest BCUT2D eigenvalue weighted by atomic mass is 35.5. The standard InChI is InChI=1S/C20H15ClFN5O2/c1-10(28)20(29)27-16-6-11(4-5-23-16)18-17(14-3-2-13(22)9-24-14)19-15(26-18)7-12(21)8-25-19/h2-10,26,28H,1H3,(H,23,27,29). The molecule has 7 nitrogen and oxygen atoms in total. The van der Waals surface area contributed by atoms with Gasteiger partial charge in [-0.1, -0.05) is 11.6 Å². The number of aromatic amines is 1. The van der Waals surface area contributed by atoms with Gasteiger partial charge in [-0.15, -0.1) is 0 Å². The highest BCUT2D eigenvalue weighted by Crippen LogP contribution is 2.37. The van der Waals surface area contributed by atoms with Crippen LogP contribution in [0, 0.1) is 5.82 Å². The number of hydrogen-bond donors (Lipinski definition) is 3. The van der Waals surface area contributed by atoms with Crippen LogP contribution < -0.4 is 5.32 Å². The van der Waals surface area contributed by atoms with E-state index in [2.05, 4.69) is 25.3 Å². The lowest BCUT2D eigenvalue weighted by molar-refractivity contribution is -0.123. The van der Waals surface area contributed by atoms with Crippen LogP contribution >= 0.6 is 11.6 Å². The quantitative estimate of drug-likeness (QED) is 0.474. The SMILES string of the molecule is CC(O)C(=O)Nc1cc(-c2[nH]c3cc(Cl)cnc3c2-c2ccc(F)cn2)ccn1. The van der Waals surface area contributed by atoms with Gasteiger partial charge >= 0.3 is 0 Å². The summed E-state index contributed by atoms with van der Waals surface area (Å²) in [5.74, 6) is -0.741. The molecule has 0 bridgehead atoms. The van der Waals surface area contributed by atoms with Crippen molar-refractivity contribution in [2.24, 2.45) is 0 Å². The van der Waals surface area contributed by atoms with E-state index in [1.165, 1.54) is 25.4 Å². The number of anilines is 1. The number of fused-ring (bicyclic) bond motifs is 1. The summed E-state index contributed by atoms with van der Waals surface area (Å²) in [6, 6.07) is 8.02. The van der Waals surface area contributed by atoms with Gasteiger partial charge in [0.25, 0.3) is 5.91 Å². The van der Waals surface area contributed by atoms with Crippen molar-refractivity contribution in [1.82, 2.24) is 19.9 Å². The fraction of sp³-hybridized carbons (Fsp3) is 0.100. The number of pyridine rings is 3. The van der Waals surface area contributed by atoms with E-state index in [-0.39, 0.29) is 5.82 Å². The van der Waals surface area contributed by atoms with Crippen LogP contribution in [-0.4, -0.2) is 37.1 Å². The number of amides is 1. The Morgan fingerprint density at radius 1 is 1.21 bits per heavy atom. The van der Waals surface area contributed by atoms with Crippen molar-refractivity contribution in [1.29, 1.82) is 0 Å². The van der Waals surface area contributed by atoms with E-state index in [0.717, 1.165) is 6.20 Å². The zero-order valence-electron chi connectivity index (χ0n) is 15.1. The van der Waals surface area contributed by atoms with Gasteiger partial charge in [0.05, 0.1) is 39.2 Å². The number of carbonyl (C=O) groups is 1. The Balaban J connectivity index is 1.88. The summed E-state index contributed by atoms with van der Waals surface area (Å²) in [6.45, 7) is 1.37. The summed E-state index contributed by atoms with van der Waals surface area (Å²) in [5, 5.41) is 12.4. The summed E-state index contributed by atoms with van der Waals surface area (Å²) < 4.78 is 13.4. The van der Waals surface area contributed by atoms with E-state index in [1.54, 1.807) is 24.3 Å². The summed E-state index contributed by atoms with van der Waals surface area (Å²) in [6.07, 6.45) is 3.02. The summed E-state index contributed by atoms with van der Waals surface area (Å²) in [7, 11) is 0. The average Bonchev–Trinajstić information content (AvgIpc) is 3.07. The van der Waals surface area contributed by atoms with E-state index in [9.17, 15) is 14.3 Å². The van der Waals surface area contributed by atoms with Gasteiger partial charge in [0.2, 0.25) is 0 Å². The van der Waals surface area contributed by atoms with Crippen LogP contribution in [0.2, 0.25) is 5.02 Å². The maximum absolute atomic E-state index is 13.4. The van der Waals surface area contributed by atoms with Crippen molar-refractivity contribution >= 4 is 34.4 Å². The first-order valence-electron chi connectivity index (χ1n) is 8.67. The van der Waals surface area contributed by atoms with Gasteiger partial charge in [0, 0.05) is 18.0 Å². The predicted molar refractivity (Wildman–Crippen MR) is 108 cm³/mol. The van der Waals surface area contributed by atoms with Crippen molar-refractivity contribution in [3.05, 3.63) is 59.8 Å². The van der Waals surface area contributed by atoms with Gasteiger partial charge in [0.15, 0.2) is 0 Å². The number of nitrogens with zero attached hydrogens (tertiary/aromatic N) is 3. The largest absolute Gasteiger partial charge is 0.384 e. The maximum Gasteiger partial charge on any atom is 0.254 e. The second kappa shape index (κ2) is 7.57. The van der Waals surface area contributed by atoms with Gasteiger partial charge in [0.1, 0.15) is 17.7 Å². The second-order valence-electron chi connectivity index (χ2n) is 6.38. The summed E-state index contributed by atoms with van der Waals surface area (Å²) in [4.78, 5) is 27.7. The number of nitrogens with one attached hydrogen (secondary N) is 2. The molecule has 0 aliphatic carbocycles. The molecule has 3 N–H and O–H groups in total. The van der Waals surface area contributed by atoms with Crippen LogP contribution in [0.1, 0.15) is 6.92 Å². The molecule has 1 amide bonds. The second-order valence-corrected chi connectivity index (χ2v) is 6.82. The lowest BCUT2D eigenvalue weighted by Crippen LogP contribution is -2.24. The van der Waals surface area contributed by atoms with Gasteiger partial charge in [-0.25, -0.2) is 9.37 Å². The third-order valence-electron chi connectivity index (χ3n) is 4.26. The molecule has 0 aromatic carbocycles. The first-order valence-corrected chi connectivity index (χ1v) is 9.04. The smallest absolute Gasteiger partial charge is 0.254 e. The molecule has 0 saturated carbocycles. The van der Waals surface area contributed by atoms with Crippen LogP contribution in [0.5, 0.6) is 0 Å². The Labute approximate surface area is 169 Å². The molecule has 0 saturated heterocycles. The van der Waals surface area contributed by atoms with E-state index < -0.39 is 17.8 Å². The fourth-order valence-corrected chi connectivity index (χ4v) is 3.08. The number of aliphatic hydroxyl groups excluding tert-OH is 1. The topological polar surface area (TPSA) is 104 Å². The van der Waals surface area contributed by atoms with E-state index >= 15 is 0 Å². The molecule has 146 valence electrons. The molecule has 0 fully saturated rings. The van der Waals surface area contributed by atoms with E-state index in [0.29, 0.717) is 38.6 Å². The number of aliphatic hydroxyl groups is 1. The van der Waals surface area contributed by atoms with Crippen LogP contribution in [0.15, 0.2) is 48.9 Å². The van der Waals surface area contributed by atoms with Crippen LogP contribution in [-0.2, 0) is 4.79 Å². The van der Waals surface area contributed by atoms with Crippen molar-refractivity contribution in [2.75, 3.05) is 5.32 Å². The van der Waals surface area contributed by atoms with E-state index in [1.807, 2.05) is 0 Å². The summed E-state index contributed by atoms with van der Waals surface area (Å²) in [5.41, 5.74) is 3.83.